The number of amides is 1. The van der Waals surface area contributed by atoms with Gasteiger partial charge in [-0.3, -0.25) is 4.79 Å². The third kappa shape index (κ3) is 2.05. The van der Waals surface area contributed by atoms with Crippen molar-refractivity contribution in [2.75, 3.05) is 4.90 Å². The lowest BCUT2D eigenvalue weighted by molar-refractivity contribution is -0.122. The molecule has 2 atom stereocenters. The van der Waals surface area contributed by atoms with Crippen LogP contribution in [0.15, 0.2) is 24.3 Å². The highest BCUT2D eigenvalue weighted by molar-refractivity contribution is 5.97. The van der Waals surface area contributed by atoms with Crippen molar-refractivity contribution >= 4 is 17.9 Å². The molecule has 0 spiro atoms. The zero-order chi connectivity index (χ0) is 13.3. The highest BCUT2D eigenvalue weighted by Gasteiger charge is 2.33. The van der Waals surface area contributed by atoms with Gasteiger partial charge in [-0.2, -0.15) is 0 Å². The van der Waals surface area contributed by atoms with Crippen molar-refractivity contribution < 1.29 is 9.59 Å². The topological polar surface area (TPSA) is 37.4 Å². The number of fused-ring (bicyclic) bond motifs is 1. The maximum atomic E-state index is 12.3. The molecule has 18 heavy (non-hydrogen) atoms. The van der Waals surface area contributed by atoms with Crippen LogP contribution in [0.25, 0.3) is 0 Å². The second kappa shape index (κ2) is 4.92. The SMILES string of the molecule is CC(C)C(=O)N1c2ccccc2[C@@H](C=O)C[C@H]1C. The van der Waals surface area contributed by atoms with Gasteiger partial charge in [0.05, 0.1) is 0 Å². The van der Waals surface area contributed by atoms with Crippen molar-refractivity contribution in [2.24, 2.45) is 5.92 Å². The van der Waals surface area contributed by atoms with Crippen LogP contribution in [-0.4, -0.2) is 18.2 Å². The summed E-state index contributed by atoms with van der Waals surface area (Å²) in [7, 11) is 0. The third-order valence-corrected chi connectivity index (χ3v) is 3.53. The third-order valence-electron chi connectivity index (χ3n) is 3.53. The van der Waals surface area contributed by atoms with Gasteiger partial charge in [0, 0.05) is 23.6 Å². The standard InChI is InChI=1S/C15H19NO2/c1-10(2)15(18)16-11(3)8-12(9-17)13-6-4-5-7-14(13)16/h4-7,9-12H,8H2,1-3H3/t11-,12-/m1/s1. The fourth-order valence-electron chi connectivity index (χ4n) is 2.60. The van der Waals surface area contributed by atoms with Crippen LogP contribution in [0.1, 0.15) is 38.7 Å². The summed E-state index contributed by atoms with van der Waals surface area (Å²) in [6.07, 6.45) is 1.70. The molecule has 2 rings (SSSR count). The molecule has 1 aromatic rings. The maximum Gasteiger partial charge on any atom is 0.229 e. The Morgan fingerprint density at radius 1 is 1.39 bits per heavy atom. The number of para-hydroxylation sites is 1. The minimum atomic E-state index is -0.0904. The van der Waals surface area contributed by atoms with Crippen molar-refractivity contribution in [2.45, 2.75) is 39.2 Å². The van der Waals surface area contributed by atoms with Crippen molar-refractivity contribution in [1.82, 2.24) is 0 Å². The molecule has 0 aromatic heterocycles. The normalized spacial score (nSPS) is 22.8. The second-order valence-corrected chi connectivity index (χ2v) is 5.25. The van der Waals surface area contributed by atoms with Crippen LogP contribution < -0.4 is 4.90 Å². The van der Waals surface area contributed by atoms with Crippen LogP contribution in [0.5, 0.6) is 0 Å². The number of aldehydes is 1. The lowest BCUT2D eigenvalue weighted by atomic mass is 9.86. The summed E-state index contributed by atoms with van der Waals surface area (Å²) in [4.78, 5) is 25.3. The van der Waals surface area contributed by atoms with Gasteiger partial charge in [-0.05, 0) is 25.0 Å². The van der Waals surface area contributed by atoms with Gasteiger partial charge in [0.25, 0.3) is 0 Å². The summed E-state index contributed by atoms with van der Waals surface area (Å²) < 4.78 is 0. The molecule has 0 fully saturated rings. The molecule has 96 valence electrons. The Balaban J connectivity index is 2.49. The number of hydrogen-bond donors (Lipinski definition) is 0. The summed E-state index contributed by atoms with van der Waals surface area (Å²) >= 11 is 0. The van der Waals surface area contributed by atoms with E-state index in [1.54, 1.807) is 0 Å². The van der Waals surface area contributed by atoms with Crippen LogP contribution in [0.3, 0.4) is 0 Å². The lowest BCUT2D eigenvalue weighted by Crippen LogP contribution is -2.45. The van der Waals surface area contributed by atoms with Gasteiger partial charge >= 0.3 is 0 Å². The zero-order valence-electron chi connectivity index (χ0n) is 11.1. The fraction of sp³-hybridized carbons (Fsp3) is 0.467. The molecule has 0 aliphatic carbocycles. The van der Waals surface area contributed by atoms with Gasteiger partial charge in [0.1, 0.15) is 6.29 Å². The molecule has 0 unspecified atom stereocenters. The first-order valence-corrected chi connectivity index (χ1v) is 6.43. The smallest absolute Gasteiger partial charge is 0.229 e. The largest absolute Gasteiger partial charge is 0.309 e. The van der Waals surface area contributed by atoms with Crippen molar-refractivity contribution in [3.8, 4) is 0 Å². The number of nitrogens with zero attached hydrogens (tertiary/aromatic N) is 1. The van der Waals surface area contributed by atoms with E-state index in [2.05, 4.69) is 0 Å². The Bertz CT molecular complexity index is 467. The van der Waals surface area contributed by atoms with Crippen LogP contribution in [0.4, 0.5) is 5.69 Å². The first-order valence-electron chi connectivity index (χ1n) is 6.43. The molecular weight excluding hydrogens is 226 g/mol. The number of rotatable bonds is 2. The molecule has 1 aliphatic rings. The van der Waals surface area contributed by atoms with Gasteiger partial charge in [-0.25, -0.2) is 0 Å². The average molecular weight is 245 g/mol. The van der Waals surface area contributed by atoms with Gasteiger partial charge < -0.3 is 9.69 Å². The Hall–Kier alpha value is -1.64. The molecule has 0 radical (unpaired) electrons. The van der Waals surface area contributed by atoms with Crippen LogP contribution >= 0.6 is 0 Å². The fourth-order valence-corrected chi connectivity index (χ4v) is 2.60. The highest BCUT2D eigenvalue weighted by atomic mass is 16.2. The number of hydrogen-bond acceptors (Lipinski definition) is 2. The van der Waals surface area contributed by atoms with Gasteiger partial charge in [0.15, 0.2) is 0 Å². The zero-order valence-corrected chi connectivity index (χ0v) is 11.1. The first-order chi connectivity index (χ1) is 8.56. The van der Waals surface area contributed by atoms with E-state index in [0.29, 0.717) is 6.42 Å². The average Bonchev–Trinajstić information content (AvgIpc) is 2.37. The van der Waals surface area contributed by atoms with E-state index >= 15 is 0 Å². The molecule has 0 bridgehead atoms. The van der Waals surface area contributed by atoms with E-state index in [4.69, 9.17) is 0 Å². The van der Waals surface area contributed by atoms with Crippen molar-refractivity contribution in [1.29, 1.82) is 0 Å². The van der Waals surface area contributed by atoms with E-state index in [1.807, 2.05) is 49.9 Å². The molecule has 1 amide bonds. The number of benzene rings is 1. The van der Waals surface area contributed by atoms with Gasteiger partial charge in [0.2, 0.25) is 5.91 Å². The van der Waals surface area contributed by atoms with Gasteiger partial charge in [-0.1, -0.05) is 32.0 Å². The minimum Gasteiger partial charge on any atom is -0.309 e. The second-order valence-electron chi connectivity index (χ2n) is 5.25. The number of carbonyl (C=O) groups is 2. The van der Waals surface area contributed by atoms with E-state index in [0.717, 1.165) is 17.5 Å². The van der Waals surface area contributed by atoms with E-state index in [9.17, 15) is 9.59 Å². The van der Waals surface area contributed by atoms with Crippen molar-refractivity contribution in [3.05, 3.63) is 29.8 Å². The van der Waals surface area contributed by atoms with E-state index < -0.39 is 0 Å². The van der Waals surface area contributed by atoms with E-state index in [-0.39, 0.29) is 23.8 Å². The predicted molar refractivity (Wildman–Crippen MR) is 71.7 cm³/mol. The van der Waals surface area contributed by atoms with Crippen LogP contribution in [0, 0.1) is 5.92 Å². The maximum absolute atomic E-state index is 12.3. The number of anilines is 1. The summed E-state index contributed by atoms with van der Waals surface area (Å²) in [6.45, 7) is 5.82. The molecule has 0 N–H and O–H groups in total. The summed E-state index contributed by atoms with van der Waals surface area (Å²) in [6, 6.07) is 7.79. The van der Waals surface area contributed by atoms with Crippen LogP contribution in [-0.2, 0) is 9.59 Å². The van der Waals surface area contributed by atoms with Crippen LogP contribution in [0.2, 0.25) is 0 Å². The molecule has 3 heteroatoms. The number of carbonyl (C=O) groups excluding carboxylic acids is 2. The van der Waals surface area contributed by atoms with E-state index in [1.165, 1.54) is 0 Å². The Labute approximate surface area is 108 Å². The summed E-state index contributed by atoms with van der Waals surface area (Å²) in [5.41, 5.74) is 1.87. The molecule has 1 heterocycles. The Morgan fingerprint density at radius 2 is 2.06 bits per heavy atom. The monoisotopic (exact) mass is 245 g/mol. The summed E-state index contributed by atoms with van der Waals surface area (Å²) in [5.74, 6) is -0.00000142. The predicted octanol–water partition coefficient (Wildman–Crippen LogP) is 2.75. The quantitative estimate of drug-likeness (QED) is 0.751. The minimum absolute atomic E-state index is 0.0340. The Kier molecular flexibility index (Phi) is 3.50. The lowest BCUT2D eigenvalue weighted by Gasteiger charge is -2.38. The van der Waals surface area contributed by atoms with Crippen molar-refractivity contribution in [3.63, 3.8) is 0 Å². The molecule has 0 saturated carbocycles. The molecule has 1 aromatic carbocycles. The molecular formula is C15H19NO2. The Morgan fingerprint density at radius 3 is 2.67 bits per heavy atom. The van der Waals surface area contributed by atoms with Gasteiger partial charge in [-0.15, -0.1) is 0 Å². The summed E-state index contributed by atoms with van der Waals surface area (Å²) in [5, 5.41) is 0. The molecule has 0 saturated heterocycles. The molecule has 1 aliphatic heterocycles. The first kappa shape index (κ1) is 12.8. The highest BCUT2D eigenvalue weighted by Crippen LogP contribution is 2.37. The molecule has 3 nitrogen and oxygen atoms in total.